The lowest BCUT2D eigenvalue weighted by molar-refractivity contribution is -0.132. The third-order valence-electron chi connectivity index (χ3n) is 2.11. The highest BCUT2D eigenvalue weighted by Crippen LogP contribution is 2.33. The Hall–Kier alpha value is -1.30. The molecule has 0 saturated carbocycles. The maximum Gasteiger partial charge on any atom is 0.249 e. The minimum Gasteiger partial charge on any atom is -0.495 e. The van der Waals surface area contributed by atoms with Crippen LogP contribution in [0.2, 0.25) is 5.02 Å². The summed E-state index contributed by atoms with van der Waals surface area (Å²) in [4.78, 5) is 10.7. The number of carbonyl (C=O) groups excluding carboxylic acids is 1. The lowest BCUT2D eigenvalue weighted by Crippen LogP contribution is -2.34. The number of methoxy groups -OCH3 is 1. The summed E-state index contributed by atoms with van der Waals surface area (Å²) in [6.45, 7) is 0. The molecule has 1 aromatic rings. The highest BCUT2D eigenvalue weighted by Gasteiger charge is 2.26. The van der Waals surface area contributed by atoms with E-state index in [-0.39, 0.29) is 16.3 Å². The SMILES string of the molecule is COc1c(Cl)cccc1C(O)C(O)C(N)=O. The van der Waals surface area contributed by atoms with Gasteiger partial charge in [-0.05, 0) is 6.07 Å². The number of amides is 1. The molecule has 0 radical (unpaired) electrons. The van der Waals surface area contributed by atoms with Gasteiger partial charge in [0.2, 0.25) is 5.91 Å². The van der Waals surface area contributed by atoms with Crippen LogP contribution in [0.25, 0.3) is 0 Å². The number of halogens is 1. The summed E-state index contributed by atoms with van der Waals surface area (Å²) in [6, 6.07) is 4.62. The van der Waals surface area contributed by atoms with Crippen molar-refractivity contribution < 1.29 is 19.7 Å². The third-order valence-corrected chi connectivity index (χ3v) is 2.41. The van der Waals surface area contributed by atoms with E-state index in [1.165, 1.54) is 13.2 Å². The van der Waals surface area contributed by atoms with E-state index in [1.54, 1.807) is 12.1 Å². The number of aliphatic hydroxyl groups is 2. The third kappa shape index (κ3) is 2.44. The molecule has 2 unspecified atom stereocenters. The molecule has 0 aliphatic rings. The normalized spacial score (nSPS) is 14.2. The van der Waals surface area contributed by atoms with Crippen molar-refractivity contribution in [1.29, 1.82) is 0 Å². The molecular formula is C10H12ClNO4. The molecule has 5 nitrogen and oxygen atoms in total. The van der Waals surface area contributed by atoms with E-state index in [1.807, 2.05) is 0 Å². The number of primary amides is 1. The molecule has 88 valence electrons. The summed E-state index contributed by atoms with van der Waals surface area (Å²) in [5.74, 6) is -0.813. The number of benzene rings is 1. The van der Waals surface area contributed by atoms with E-state index < -0.39 is 18.1 Å². The van der Waals surface area contributed by atoms with Gasteiger partial charge in [0.15, 0.2) is 6.10 Å². The lowest BCUT2D eigenvalue weighted by Gasteiger charge is -2.18. The monoisotopic (exact) mass is 245 g/mol. The molecular weight excluding hydrogens is 234 g/mol. The van der Waals surface area contributed by atoms with Gasteiger partial charge in [-0.1, -0.05) is 23.7 Å². The van der Waals surface area contributed by atoms with Gasteiger partial charge in [0.05, 0.1) is 12.1 Å². The molecule has 0 spiro atoms. The van der Waals surface area contributed by atoms with Crippen LogP contribution in [0.1, 0.15) is 11.7 Å². The van der Waals surface area contributed by atoms with Crippen molar-refractivity contribution in [1.82, 2.24) is 0 Å². The van der Waals surface area contributed by atoms with Gasteiger partial charge in [0.25, 0.3) is 0 Å². The number of para-hydroxylation sites is 1. The van der Waals surface area contributed by atoms with Gasteiger partial charge in [-0.25, -0.2) is 0 Å². The predicted molar refractivity (Wildman–Crippen MR) is 58.2 cm³/mol. The number of hydrogen-bond acceptors (Lipinski definition) is 4. The Bertz CT molecular complexity index is 396. The smallest absolute Gasteiger partial charge is 0.249 e. The molecule has 0 heterocycles. The highest BCUT2D eigenvalue weighted by molar-refractivity contribution is 6.32. The number of ether oxygens (including phenoxy) is 1. The van der Waals surface area contributed by atoms with Crippen LogP contribution >= 0.6 is 11.6 Å². The quantitative estimate of drug-likeness (QED) is 0.708. The fraction of sp³-hybridized carbons (Fsp3) is 0.300. The molecule has 2 atom stereocenters. The molecule has 0 aliphatic carbocycles. The van der Waals surface area contributed by atoms with Crippen LogP contribution in [-0.2, 0) is 4.79 Å². The van der Waals surface area contributed by atoms with E-state index in [0.29, 0.717) is 0 Å². The zero-order valence-corrected chi connectivity index (χ0v) is 9.31. The van der Waals surface area contributed by atoms with Gasteiger partial charge < -0.3 is 20.7 Å². The van der Waals surface area contributed by atoms with Gasteiger partial charge in [-0.3, -0.25) is 4.79 Å². The summed E-state index contributed by atoms with van der Waals surface area (Å²) in [5.41, 5.74) is 5.09. The van der Waals surface area contributed by atoms with E-state index in [9.17, 15) is 15.0 Å². The van der Waals surface area contributed by atoms with Crippen LogP contribution < -0.4 is 10.5 Å². The lowest BCUT2D eigenvalue weighted by atomic mass is 10.0. The van der Waals surface area contributed by atoms with Crippen LogP contribution in [-0.4, -0.2) is 29.3 Å². The van der Waals surface area contributed by atoms with E-state index in [4.69, 9.17) is 22.1 Å². The Balaban J connectivity index is 3.12. The number of nitrogens with two attached hydrogens (primary N) is 1. The van der Waals surface area contributed by atoms with Crippen LogP contribution in [0.5, 0.6) is 5.75 Å². The summed E-state index contributed by atoms with van der Waals surface area (Å²) >= 11 is 5.82. The maximum absolute atomic E-state index is 10.7. The Labute approximate surface area is 97.4 Å². The number of aliphatic hydroxyl groups excluding tert-OH is 2. The van der Waals surface area contributed by atoms with Crippen molar-refractivity contribution in [2.45, 2.75) is 12.2 Å². The van der Waals surface area contributed by atoms with Gasteiger partial charge in [0, 0.05) is 5.56 Å². The second kappa shape index (κ2) is 5.16. The fourth-order valence-electron chi connectivity index (χ4n) is 1.30. The number of carbonyl (C=O) groups is 1. The Morgan fingerprint density at radius 1 is 1.50 bits per heavy atom. The molecule has 0 bridgehead atoms. The minimum absolute atomic E-state index is 0.206. The average molecular weight is 246 g/mol. The summed E-state index contributed by atoms with van der Waals surface area (Å²) < 4.78 is 4.97. The van der Waals surface area contributed by atoms with Crippen molar-refractivity contribution in [2.24, 2.45) is 5.73 Å². The summed E-state index contributed by atoms with van der Waals surface area (Å²) in [7, 11) is 1.37. The van der Waals surface area contributed by atoms with Crippen LogP contribution in [0, 0.1) is 0 Å². The van der Waals surface area contributed by atoms with Crippen LogP contribution in [0.4, 0.5) is 0 Å². The van der Waals surface area contributed by atoms with E-state index in [2.05, 4.69) is 0 Å². The topological polar surface area (TPSA) is 92.8 Å². The van der Waals surface area contributed by atoms with Crippen molar-refractivity contribution >= 4 is 17.5 Å². The number of hydrogen-bond donors (Lipinski definition) is 3. The maximum atomic E-state index is 10.7. The van der Waals surface area contributed by atoms with Crippen LogP contribution in [0.3, 0.4) is 0 Å². The molecule has 0 aliphatic heterocycles. The Morgan fingerprint density at radius 3 is 2.62 bits per heavy atom. The molecule has 1 aromatic carbocycles. The Kier molecular flexibility index (Phi) is 4.12. The fourth-order valence-corrected chi connectivity index (χ4v) is 1.56. The van der Waals surface area contributed by atoms with Gasteiger partial charge in [-0.2, -0.15) is 0 Å². The van der Waals surface area contributed by atoms with E-state index >= 15 is 0 Å². The zero-order valence-electron chi connectivity index (χ0n) is 8.55. The van der Waals surface area contributed by atoms with Gasteiger partial charge >= 0.3 is 0 Å². The molecule has 1 rings (SSSR count). The zero-order chi connectivity index (χ0) is 12.3. The van der Waals surface area contributed by atoms with Gasteiger partial charge in [-0.15, -0.1) is 0 Å². The first-order valence-corrected chi connectivity index (χ1v) is 4.84. The summed E-state index contributed by atoms with van der Waals surface area (Å²) in [5, 5.41) is 19.3. The first-order chi connectivity index (χ1) is 7.49. The second-order valence-corrected chi connectivity index (χ2v) is 3.56. The molecule has 0 fully saturated rings. The molecule has 4 N–H and O–H groups in total. The van der Waals surface area contributed by atoms with Crippen molar-refractivity contribution in [3.63, 3.8) is 0 Å². The summed E-state index contributed by atoms with van der Waals surface area (Å²) in [6.07, 6.45) is -3.17. The van der Waals surface area contributed by atoms with Crippen molar-refractivity contribution in [3.05, 3.63) is 28.8 Å². The second-order valence-electron chi connectivity index (χ2n) is 3.15. The first kappa shape index (κ1) is 12.8. The molecule has 0 aromatic heterocycles. The Morgan fingerprint density at radius 2 is 2.12 bits per heavy atom. The van der Waals surface area contributed by atoms with Crippen molar-refractivity contribution in [3.8, 4) is 5.75 Å². The van der Waals surface area contributed by atoms with Gasteiger partial charge in [0.1, 0.15) is 11.9 Å². The molecule has 0 saturated heterocycles. The highest BCUT2D eigenvalue weighted by atomic mass is 35.5. The number of rotatable bonds is 4. The molecule has 6 heteroatoms. The van der Waals surface area contributed by atoms with E-state index in [0.717, 1.165) is 0 Å². The first-order valence-electron chi connectivity index (χ1n) is 4.47. The van der Waals surface area contributed by atoms with Crippen LogP contribution in [0.15, 0.2) is 18.2 Å². The minimum atomic E-state index is -1.70. The van der Waals surface area contributed by atoms with Crippen molar-refractivity contribution in [2.75, 3.05) is 7.11 Å². The molecule has 16 heavy (non-hydrogen) atoms. The largest absolute Gasteiger partial charge is 0.495 e. The molecule has 1 amide bonds. The average Bonchev–Trinajstić information content (AvgIpc) is 2.26. The standard InChI is InChI=1S/C10H12ClNO4/c1-16-9-5(3-2-4-6(9)11)7(13)8(14)10(12)15/h2-4,7-8,13-14H,1H3,(H2,12,15). The predicted octanol–water partition coefficient (Wildman–Crippen LogP) is 0.228.